The number of carbonyl (C=O) groups excluding carboxylic acids is 1. The summed E-state index contributed by atoms with van der Waals surface area (Å²) in [6.07, 6.45) is 12.4. The van der Waals surface area contributed by atoms with Crippen molar-refractivity contribution in [2.45, 2.75) is 78.6 Å². The van der Waals surface area contributed by atoms with Gasteiger partial charge in [-0.2, -0.15) is 0 Å². The van der Waals surface area contributed by atoms with E-state index >= 15 is 0 Å². The molecule has 0 aliphatic heterocycles. The quantitative estimate of drug-likeness (QED) is 0.416. The zero-order chi connectivity index (χ0) is 17.8. The molecule has 6 atom stereocenters. The van der Waals surface area contributed by atoms with Gasteiger partial charge in [-0.1, -0.05) is 24.6 Å². The average Bonchev–Trinajstić information content (AvgIpc) is 2.92. The Morgan fingerprint density at radius 1 is 1.16 bits per heavy atom. The predicted molar refractivity (Wildman–Crippen MR) is 99.7 cm³/mol. The molecule has 3 nitrogen and oxygen atoms in total. The van der Waals surface area contributed by atoms with E-state index in [9.17, 15) is 4.79 Å². The van der Waals surface area contributed by atoms with Crippen molar-refractivity contribution in [3.8, 4) is 0 Å². The molecular weight excluding hydrogens is 310 g/mol. The lowest BCUT2D eigenvalue weighted by Crippen LogP contribution is -2.50. The molecule has 3 fully saturated rings. The van der Waals surface area contributed by atoms with Crippen molar-refractivity contribution < 1.29 is 10.0 Å². The minimum absolute atomic E-state index is 0.277. The number of nitrogens with zero attached hydrogens (tertiary/aromatic N) is 1. The predicted octanol–water partition coefficient (Wildman–Crippen LogP) is 5.37. The Labute approximate surface area is 151 Å². The molecule has 0 heterocycles. The molecule has 0 aromatic heterocycles. The molecule has 0 radical (unpaired) electrons. The van der Waals surface area contributed by atoms with Crippen molar-refractivity contribution in [3.63, 3.8) is 0 Å². The Balaban J connectivity index is 1.60. The lowest BCUT2D eigenvalue weighted by molar-refractivity contribution is -0.117. The number of rotatable bonds is 2. The maximum atomic E-state index is 11.9. The summed E-state index contributed by atoms with van der Waals surface area (Å²) >= 11 is 0. The number of oxime groups is 1. The number of hydrogen-bond acceptors (Lipinski definition) is 3. The maximum Gasteiger partial charge on any atom is 0.155 e. The van der Waals surface area contributed by atoms with E-state index in [4.69, 9.17) is 5.21 Å². The van der Waals surface area contributed by atoms with Crippen molar-refractivity contribution in [2.24, 2.45) is 39.7 Å². The van der Waals surface area contributed by atoms with Gasteiger partial charge in [-0.05, 0) is 98.9 Å². The molecule has 4 aliphatic carbocycles. The molecule has 0 bridgehead atoms. The van der Waals surface area contributed by atoms with E-state index in [0.29, 0.717) is 17.1 Å². The minimum Gasteiger partial charge on any atom is -0.411 e. The Morgan fingerprint density at radius 3 is 2.72 bits per heavy atom. The van der Waals surface area contributed by atoms with Crippen LogP contribution >= 0.6 is 0 Å². The normalized spacial score (nSPS) is 46.9. The van der Waals surface area contributed by atoms with Gasteiger partial charge < -0.3 is 5.21 Å². The molecular formula is C22H33NO2. The largest absolute Gasteiger partial charge is 0.411 e. The van der Waals surface area contributed by atoms with Crippen LogP contribution in [0, 0.1) is 34.5 Å². The molecule has 4 aliphatic rings. The third-order valence-corrected chi connectivity index (χ3v) is 8.87. The van der Waals surface area contributed by atoms with E-state index < -0.39 is 0 Å². The molecule has 0 saturated heterocycles. The van der Waals surface area contributed by atoms with Crippen molar-refractivity contribution in [1.29, 1.82) is 0 Å². The monoisotopic (exact) mass is 343 g/mol. The maximum absolute atomic E-state index is 11.9. The van der Waals surface area contributed by atoms with Crippen LogP contribution in [0.2, 0.25) is 0 Å². The van der Waals surface area contributed by atoms with Gasteiger partial charge in [0.05, 0.1) is 5.71 Å². The zero-order valence-electron chi connectivity index (χ0n) is 16.1. The van der Waals surface area contributed by atoms with Crippen LogP contribution in [0.25, 0.3) is 0 Å². The molecule has 3 heteroatoms. The zero-order valence-corrected chi connectivity index (χ0v) is 16.1. The first-order valence-corrected chi connectivity index (χ1v) is 10.3. The van der Waals surface area contributed by atoms with Gasteiger partial charge in [0.15, 0.2) is 5.78 Å². The van der Waals surface area contributed by atoms with Crippen molar-refractivity contribution in [3.05, 3.63) is 11.6 Å². The number of fused-ring (bicyclic) bond motifs is 5. The molecule has 1 N–H and O–H groups in total. The molecule has 25 heavy (non-hydrogen) atoms. The van der Waals surface area contributed by atoms with Gasteiger partial charge in [0.1, 0.15) is 0 Å². The highest BCUT2D eigenvalue weighted by Gasteiger charge is 2.58. The van der Waals surface area contributed by atoms with Crippen LogP contribution < -0.4 is 0 Å². The summed E-state index contributed by atoms with van der Waals surface area (Å²) < 4.78 is 0. The fourth-order valence-electron chi connectivity index (χ4n) is 7.40. The van der Waals surface area contributed by atoms with Crippen LogP contribution in [-0.4, -0.2) is 16.7 Å². The molecule has 0 aromatic carbocycles. The van der Waals surface area contributed by atoms with Gasteiger partial charge in [0.25, 0.3) is 0 Å². The fraction of sp³-hybridized carbons (Fsp3) is 0.818. The van der Waals surface area contributed by atoms with Gasteiger partial charge in [-0.3, -0.25) is 4.79 Å². The Hall–Kier alpha value is -1.12. The van der Waals surface area contributed by atoms with Crippen LogP contribution in [0.4, 0.5) is 0 Å². The molecule has 0 aromatic rings. The molecule has 0 amide bonds. The van der Waals surface area contributed by atoms with Gasteiger partial charge in [0, 0.05) is 6.42 Å². The van der Waals surface area contributed by atoms with Gasteiger partial charge in [-0.15, -0.1) is 0 Å². The van der Waals surface area contributed by atoms with E-state index in [1.807, 2.05) is 13.0 Å². The first-order chi connectivity index (χ1) is 11.9. The van der Waals surface area contributed by atoms with Crippen LogP contribution in [0.1, 0.15) is 78.6 Å². The van der Waals surface area contributed by atoms with E-state index in [1.54, 1.807) is 0 Å². The van der Waals surface area contributed by atoms with Crippen molar-refractivity contribution >= 4 is 11.5 Å². The molecule has 3 saturated carbocycles. The first-order valence-electron chi connectivity index (χ1n) is 10.3. The number of carbonyl (C=O) groups is 1. The second kappa shape index (κ2) is 5.96. The standard InChI is InChI=1S/C22H33NO2/c1-14(23-25)12-15-5-7-19-18-6-4-16-13-17(24)8-10-21(16,2)20(18)9-11-22(15,19)3/h13,15,18-20,25H,4-12H2,1-3H3/b23-14+/t15?,18-,19-,20-,21-,22+/m0/s1. The molecule has 0 spiro atoms. The van der Waals surface area contributed by atoms with Crippen LogP contribution in [0.5, 0.6) is 0 Å². The summed E-state index contributed by atoms with van der Waals surface area (Å²) in [4.78, 5) is 11.9. The Bertz CT molecular complexity index is 636. The van der Waals surface area contributed by atoms with E-state index in [0.717, 1.165) is 49.1 Å². The third-order valence-electron chi connectivity index (χ3n) is 8.87. The molecule has 4 rings (SSSR count). The lowest BCUT2D eigenvalue weighted by atomic mass is 9.46. The average molecular weight is 344 g/mol. The number of allylic oxidation sites excluding steroid dienone is 1. The SMILES string of the molecule is C/C(CC1CC[C@H]2[C@@H]3CCC4=CC(=O)CC[C@]4(C)[C@H]3CC[C@]12C)=N\O. The Kier molecular flexibility index (Phi) is 4.12. The highest BCUT2D eigenvalue weighted by Crippen LogP contribution is 2.67. The van der Waals surface area contributed by atoms with Crippen LogP contribution in [0.15, 0.2) is 16.8 Å². The third kappa shape index (κ3) is 2.52. The van der Waals surface area contributed by atoms with Crippen LogP contribution in [0.3, 0.4) is 0 Å². The minimum atomic E-state index is 0.277. The first kappa shape index (κ1) is 17.3. The van der Waals surface area contributed by atoms with Gasteiger partial charge >= 0.3 is 0 Å². The summed E-state index contributed by atoms with van der Waals surface area (Å²) in [5.41, 5.74) is 3.04. The van der Waals surface area contributed by atoms with Crippen molar-refractivity contribution in [2.75, 3.05) is 0 Å². The van der Waals surface area contributed by atoms with E-state index in [-0.39, 0.29) is 5.41 Å². The topological polar surface area (TPSA) is 49.7 Å². The summed E-state index contributed by atoms with van der Waals surface area (Å²) in [5.74, 6) is 3.44. The molecule has 1 unspecified atom stereocenters. The fourth-order valence-corrected chi connectivity index (χ4v) is 7.40. The van der Waals surface area contributed by atoms with Gasteiger partial charge in [0.2, 0.25) is 0 Å². The van der Waals surface area contributed by atoms with Gasteiger partial charge in [-0.25, -0.2) is 0 Å². The molecule has 138 valence electrons. The van der Waals surface area contributed by atoms with Crippen molar-refractivity contribution in [1.82, 2.24) is 0 Å². The van der Waals surface area contributed by atoms with E-state index in [2.05, 4.69) is 19.0 Å². The Morgan fingerprint density at radius 2 is 1.96 bits per heavy atom. The van der Waals surface area contributed by atoms with Crippen LogP contribution in [-0.2, 0) is 4.79 Å². The summed E-state index contributed by atoms with van der Waals surface area (Å²) in [7, 11) is 0. The second-order valence-electron chi connectivity index (χ2n) is 9.83. The smallest absolute Gasteiger partial charge is 0.155 e. The van der Waals surface area contributed by atoms with E-state index in [1.165, 1.54) is 37.7 Å². The summed E-state index contributed by atoms with van der Waals surface area (Å²) in [5, 5.41) is 12.6. The number of ketones is 1. The highest BCUT2D eigenvalue weighted by molar-refractivity contribution is 5.91. The second-order valence-corrected chi connectivity index (χ2v) is 9.83. The number of hydrogen-bond donors (Lipinski definition) is 1. The lowest BCUT2D eigenvalue weighted by Gasteiger charge is -2.58. The summed E-state index contributed by atoms with van der Waals surface area (Å²) in [6, 6.07) is 0. The summed E-state index contributed by atoms with van der Waals surface area (Å²) in [6.45, 7) is 6.94. The highest BCUT2D eigenvalue weighted by atomic mass is 16.4.